The number of nitrogens with one attached hydrogen (secondary N) is 2. The zero-order valence-electron chi connectivity index (χ0n) is 16.7. The molecule has 2 aliphatic heterocycles. The van der Waals surface area contributed by atoms with Crippen molar-refractivity contribution in [2.75, 3.05) is 23.7 Å². The maximum absolute atomic E-state index is 14.8. The second kappa shape index (κ2) is 8.78. The number of carbonyl (C=O) groups is 4. The second-order valence-corrected chi connectivity index (χ2v) is 7.88. The Labute approximate surface area is 185 Å². The first-order valence-corrected chi connectivity index (χ1v) is 10.4. The number of thioether (sulfide) groups is 1. The summed E-state index contributed by atoms with van der Waals surface area (Å²) in [7, 11) is 0. The molecule has 2 saturated heterocycles. The molecule has 2 aromatic rings. The van der Waals surface area contributed by atoms with Crippen molar-refractivity contribution in [1.82, 2.24) is 20.2 Å². The van der Waals surface area contributed by atoms with Crippen LogP contribution in [0.3, 0.4) is 0 Å². The minimum atomic E-state index is -0.671. The van der Waals surface area contributed by atoms with Crippen molar-refractivity contribution in [3.63, 3.8) is 0 Å². The van der Waals surface area contributed by atoms with Crippen LogP contribution in [0.5, 0.6) is 0 Å². The number of amides is 4. The van der Waals surface area contributed by atoms with Gasteiger partial charge in [-0.15, -0.1) is 0 Å². The molecule has 0 unspecified atom stereocenters. The number of rotatable bonds is 5. The largest absolute Gasteiger partial charge is 0.442 e. The first-order valence-electron chi connectivity index (χ1n) is 9.42. The van der Waals surface area contributed by atoms with E-state index in [1.54, 1.807) is 0 Å². The molecule has 1 aromatic carbocycles. The van der Waals surface area contributed by atoms with Crippen LogP contribution in [0.2, 0.25) is 0 Å². The number of halogens is 1. The Morgan fingerprint density at radius 1 is 1.41 bits per heavy atom. The molecule has 0 radical (unpaired) electrons. The van der Waals surface area contributed by atoms with E-state index in [1.807, 2.05) is 0 Å². The average molecular weight is 460 g/mol. The normalized spacial score (nSPS) is 19.2. The number of ether oxygens (including phenoxy) is 1. The number of hydrogen-bond acceptors (Lipinski definition) is 7. The Morgan fingerprint density at radius 3 is 2.91 bits per heavy atom. The Balaban J connectivity index is 1.47. The molecule has 4 rings (SSSR count). The van der Waals surface area contributed by atoms with Crippen molar-refractivity contribution in [3.05, 3.63) is 42.2 Å². The topological polar surface area (TPSA) is 135 Å². The molecule has 2 aliphatic rings. The van der Waals surface area contributed by atoms with Gasteiger partial charge < -0.3 is 19.9 Å². The number of aromatic nitrogens is 2. The molecule has 0 saturated carbocycles. The lowest BCUT2D eigenvalue weighted by molar-refractivity contribution is -0.119. The number of imidazole rings is 1. The van der Waals surface area contributed by atoms with Crippen LogP contribution in [0.15, 0.2) is 35.7 Å². The molecule has 4 amide bonds. The van der Waals surface area contributed by atoms with Gasteiger partial charge in [-0.3, -0.25) is 19.3 Å². The maximum Gasteiger partial charge on any atom is 0.414 e. The first-order chi connectivity index (χ1) is 15.3. The first kappa shape index (κ1) is 21.5. The molecular formula is C19H17FN6O5S. The van der Waals surface area contributed by atoms with Gasteiger partial charge in [-0.05, 0) is 18.2 Å². The minimum absolute atomic E-state index is 0.0216. The lowest BCUT2D eigenvalue weighted by Crippen LogP contribution is -2.33. The molecule has 0 aliphatic carbocycles. The van der Waals surface area contributed by atoms with E-state index in [0.29, 0.717) is 5.69 Å². The highest BCUT2D eigenvalue weighted by molar-refractivity contribution is 8.15. The van der Waals surface area contributed by atoms with Gasteiger partial charge in [0.05, 0.1) is 30.2 Å². The zero-order chi connectivity index (χ0) is 22.8. The monoisotopic (exact) mass is 460 g/mol. The quantitative estimate of drug-likeness (QED) is 0.675. The molecule has 2 N–H and O–H groups in total. The summed E-state index contributed by atoms with van der Waals surface area (Å²) in [6.45, 7) is 1.68. The third-order valence-electron chi connectivity index (χ3n) is 4.57. The molecule has 11 nitrogen and oxygen atoms in total. The van der Waals surface area contributed by atoms with E-state index in [4.69, 9.17) is 4.74 Å². The van der Waals surface area contributed by atoms with E-state index in [0.717, 1.165) is 11.8 Å². The summed E-state index contributed by atoms with van der Waals surface area (Å²) in [5.74, 6) is -1.61. The van der Waals surface area contributed by atoms with E-state index in [-0.39, 0.29) is 47.2 Å². The van der Waals surface area contributed by atoms with E-state index < -0.39 is 23.9 Å². The standard InChI is InChI=1S/C19H17FN6O5S/c1-10(27)21-5-12-6-26(19(30)31-12)11-2-3-15(13(20)4-11)25-7-14(22-9-25)17(29)24-18-23-16(28)8-32-18/h2-4,7,9,12H,5-6,8H2,1H3,(H,21,27)(H,23,24,28,29)/t12-/m0/s1. The number of hydrogen-bond donors (Lipinski definition) is 2. The van der Waals surface area contributed by atoms with Crippen molar-refractivity contribution >= 4 is 46.4 Å². The van der Waals surface area contributed by atoms with E-state index in [1.165, 1.54) is 47.1 Å². The third kappa shape index (κ3) is 4.61. The fourth-order valence-electron chi connectivity index (χ4n) is 3.07. The minimum Gasteiger partial charge on any atom is -0.442 e. The average Bonchev–Trinajstić information content (AvgIpc) is 3.46. The highest BCUT2D eigenvalue weighted by Gasteiger charge is 2.32. The van der Waals surface area contributed by atoms with Gasteiger partial charge in [-0.2, -0.15) is 4.99 Å². The van der Waals surface area contributed by atoms with Crippen LogP contribution in [0.1, 0.15) is 17.4 Å². The summed E-state index contributed by atoms with van der Waals surface area (Å²) in [6.07, 6.45) is 1.40. The Kier molecular flexibility index (Phi) is 5.90. The molecule has 32 heavy (non-hydrogen) atoms. The molecule has 0 spiro atoms. The molecule has 2 fully saturated rings. The highest BCUT2D eigenvalue weighted by atomic mass is 32.2. The lowest BCUT2D eigenvalue weighted by atomic mass is 10.2. The molecule has 3 heterocycles. The fourth-order valence-corrected chi connectivity index (χ4v) is 3.74. The second-order valence-electron chi connectivity index (χ2n) is 6.91. The van der Waals surface area contributed by atoms with Gasteiger partial charge in [0.15, 0.2) is 5.17 Å². The van der Waals surface area contributed by atoms with E-state index in [9.17, 15) is 23.6 Å². The van der Waals surface area contributed by atoms with Gasteiger partial charge in [-0.1, -0.05) is 11.8 Å². The van der Waals surface area contributed by atoms with Gasteiger partial charge in [0, 0.05) is 13.1 Å². The predicted octanol–water partition coefficient (Wildman–Crippen LogP) is 0.832. The summed E-state index contributed by atoms with van der Waals surface area (Å²) < 4.78 is 21.3. The summed E-state index contributed by atoms with van der Waals surface area (Å²) in [5.41, 5.74) is 0.379. The van der Waals surface area contributed by atoms with Crippen molar-refractivity contribution in [2.45, 2.75) is 13.0 Å². The van der Waals surface area contributed by atoms with Crippen LogP contribution in [-0.2, 0) is 14.3 Å². The molecule has 0 bridgehead atoms. The molecule has 166 valence electrons. The van der Waals surface area contributed by atoms with Gasteiger partial charge in [0.1, 0.15) is 23.9 Å². The van der Waals surface area contributed by atoms with Gasteiger partial charge >= 0.3 is 6.09 Å². The van der Waals surface area contributed by atoms with Crippen LogP contribution in [0.4, 0.5) is 14.9 Å². The smallest absolute Gasteiger partial charge is 0.414 e. The van der Waals surface area contributed by atoms with Crippen LogP contribution >= 0.6 is 11.8 Å². The highest BCUT2D eigenvalue weighted by Crippen LogP contribution is 2.25. The lowest BCUT2D eigenvalue weighted by Gasteiger charge is -2.14. The van der Waals surface area contributed by atoms with Gasteiger partial charge in [-0.25, -0.2) is 14.2 Å². The Morgan fingerprint density at radius 2 is 2.22 bits per heavy atom. The van der Waals surface area contributed by atoms with Crippen LogP contribution in [0, 0.1) is 5.82 Å². The number of nitrogens with zero attached hydrogens (tertiary/aromatic N) is 4. The van der Waals surface area contributed by atoms with Crippen molar-refractivity contribution in [3.8, 4) is 5.69 Å². The summed E-state index contributed by atoms with van der Waals surface area (Å²) in [6, 6.07) is 4.14. The zero-order valence-corrected chi connectivity index (χ0v) is 17.5. The Bertz CT molecular complexity index is 1150. The van der Waals surface area contributed by atoms with Crippen molar-refractivity contribution in [2.24, 2.45) is 4.99 Å². The molecule has 1 aromatic heterocycles. The number of anilines is 1. The SMILES string of the molecule is CC(=O)NC[C@H]1CN(c2ccc(-n3cnc(C(=O)N=C4NC(=O)CS4)c3)c(F)c2)C(=O)O1. The number of cyclic esters (lactones) is 1. The molecule has 13 heteroatoms. The third-order valence-corrected chi connectivity index (χ3v) is 5.44. The van der Waals surface area contributed by atoms with Crippen molar-refractivity contribution < 1.29 is 28.3 Å². The van der Waals surface area contributed by atoms with Gasteiger partial charge in [0.2, 0.25) is 11.8 Å². The van der Waals surface area contributed by atoms with Crippen molar-refractivity contribution in [1.29, 1.82) is 0 Å². The Hall–Kier alpha value is -3.74. The predicted molar refractivity (Wildman–Crippen MR) is 112 cm³/mol. The van der Waals surface area contributed by atoms with Crippen LogP contribution in [0.25, 0.3) is 5.69 Å². The summed E-state index contributed by atoms with van der Waals surface area (Å²) in [5, 5.41) is 5.22. The summed E-state index contributed by atoms with van der Waals surface area (Å²) in [4.78, 5) is 55.6. The van der Waals surface area contributed by atoms with Gasteiger partial charge in [0.25, 0.3) is 5.91 Å². The van der Waals surface area contributed by atoms with Crippen LogP contribution in [-0.4, -0.2) is 63.5 Å². The number of amidine groups is 1. The van der Waals surface area contributed by atoms with Crippen LogP contribution < -0.4 is 15.5 Å². The molecule has 1 atom stereocenters. The van der Waals surface area contributed by atoms with E-state index >= 15 is 0 Å². The molecular weight excluding hydrogens is 443 g/mol. The number of carbonyl (C=O) groups excluding carboxylic acids is 4. The fraction of sp³-hybridized carbons (Fsp3) is 0.263. The summed E-state index contributed by atoms with van der Waals surface area (Å²) >= 11 is 1.11. The maximum atomic E-state index is 14.8. The van der Waals surface area contributed by atoms with E-state index in [2.05, 4.69) is 20.6 Å². The number of benzene rings is 1. The number of aliphatic imine (C=N–C) groups is 1.